The number of hydrogen-bond donors (Lipinski definition) is 0. The highest BCUT2D eigenvalue weighted by molar-refractivity contribution is 6.10. The molecule has 2 aromatic heterocycles. The summed E-state index contributed by atoms with van der Waals surface area (Å²) in [6.07, 6.45) is 6.80. The van der Waals surface area contributed by atoms with Gasteiger partial charge in [0.2, 0.25) is 5.69 Å². The van der Waals surface area contributed by atoms with Gasteiger partial charge in [0, 0.05) is 34.4 Å². The van der Waals surface area contributed by atoms with Crippen LogP contribution in [-0.2, 0) is 11.8 Å². The molecule has 0 spiro atoms. The monoisotopic (exact) mass is 599 g/mol. The van der Waals surface area contributed by atoms with Gasteiger partial charge in [0.25, 0.3) is 0 Å². The van der Waals surface area contributed by atoms with Crippen LogP contribution in [0.1, 0.15) is 61.8 Å². The van der Waals surface area contributed by atoms with Crippen LogP contribution in [0.25, 0.3) is 50.0 Å². The number of pyridine rings is 1. The zero-order valence-electron chi connectivity index (χ0n) is 26.9. The third-order valence-electron chi connectivity index (χ3n) is 10.0. The van der Waals surface area contributed by atoms with Crippen molar-refractivity contribution in [3.63, 3.8) is 0 Å². The van der Waals surface area contributed by atoms with Crippen molar-refractivity contribution < 1.29 is 8.98 Å². The topological polar surface area (TPSA) is 29.4 Å². The summed E-state index contributed by atoms with van der Waals surface area (Å²) in [7, 11) is 0. The molecular weight excluding hydrogens is 560 g/mol. The van der Waals surface area contributed by atoms with E-state index in [2.05, 4.69) is 142 Å². The van der Waals surface area contributed by atoms with Gasteiger partial charge in [-0.25, -0.2) is 0 Å². The molecule has 0 fully saturated rings. The predicted molar refractivity (Wildman–Crippen MR) is 191 cm³/mol. The molecule has 0 amide bonds. The summed E-state index contributed by atoms with van der Waals surface area (Å²) >= 11 is 0. The van der Waals surface area contributed by atoms with Crippen LogP contribution in [0.15, 0.2) is 132 Å². The first-order valence-electron chi connectivity index (χ1n) is 16.4. The number of fused-ring (bicyclic) bond motifs is 9. The van der Waals surface area contributed by atoms with Crippen molar-refractivity contribution >= 4 is 33.3 Å². The Labute approximate surface area is 271 Å². The summed E-state index contributed by atoms with van der Waals surface area (Å²) in [6, 6.07) is 35.2. The van der Waals surface area contributed by atoms with E-state index in [-0.39, 0.29) is 17.4 Å². The second kappa shape index (κ2) is 10.8. The Hall–Kier alpha value is -5.02. The fraction of sp³-hybridized carbons (Fsp3) is 0.209. The molecule has 0 radical (unpaired) electrons. The highest BCUT2D eigenvalue weighted by Crippen LogP contribution is 2.42. The number of aryl methyl sites for hydroxylation is 1. The van der Waals surface area contributed by atoms with E-state index in [1.165, 1.54) is 39.1 Å². The minimum Gasteiger partial charge on any atom is -0.456 e. The van der Waals surface area contributed by atoms with E-state index in [1.807, 2.05) is 6.08 Å². The van der Waals surface area contributed by atoms with Crippen molar-refractivity contribution in [2.45, 2.75) is 57.4 Å². The smallest absolute Gasteiger partial charge is 0.218 e. The van der Waals surface area contributed by atoms with Gasteiger partial charge in [-0.05, 0) is 83.0 Å². The molecule has 4 aromatic carbocycles. The van der Waals surface area contributed by atoms with E-state index in [4.69, 9.17) is 9.41 Å². The molecule has 0 N–H and O–H groups in total. The van der Waals surface area contributed by atoms with E-state index in [0.29, 0.717) is 0 Å². The molecule has 3 nitrogen and oxygen atoms in total. The van der Waals surface area contributed by atoms with E-state index in [0.717, 1.165) is 58.2 Å². The minimum atomic E-state index is 0.00795. The Morgan fingerprint density at radius 3 is 2.41 bits per heavy atom. The molecule has 2 atom stereocenters. The molecule has 0 aliphatic carbocycles. The van der Waals surface area contributed by atoms with Gasteiger partial charge in [-0.2, -0.15) is 4.57 Å². The van der Waals surface area contributed by atoms with Crippen molar-refractivity contribution in [3.05, 3.63) is 145 Å². The number of aliphatic imine (C=N–C) groups is 1. The molecular formula is C43H39N2O+. The lowest BCUT2D eigenvalue weighted by Crippen LogP contribution is -2.39. The second-order valence-corrected chi connectivity index (χ2v) is 13.9. The molecule has 46 heavy (non-hydrogen) atoms. The maximum atomic E-state index is 6.63. The molecule has 0 bridgehead atoms. The Kier molecular flexibility index (Phi) is 6.68. The number of aromatic nitrogens is 1. The molecule has 8 rings (SSSR count). The summed E-state index contributed by atoms with van der Waals surface area (Å²) < 4.78 is 8.94. The maximum Gasteiger partial charge on any atom is 0.218 e. The first-order valence-corrected chi connectivity index (χ1v) is 16.4. The average molecular weight is 600 g/mol. The van der Waals surface area contributed by atoms with Crippen LogP contribution in [-0.4, -0.2) is 11.8 Å². The Balaban J connectivity index is 1.34. The number of hydrogen-bond acceptors (Lipinski definition) is 2. The van der Waals surface area contributed by atoms with Crippen molar-refractivity contribution in [2.75, 3.05) is 0 Å². The summed E-state index contributed by atoms with van der Waals surface area (Å²) in [4.78, 5) is 5.29. The van der Waals surface area contributed by atoms with E-state index < -0.39 is 0 Å². The molecule has 0 saturated heterocycles. The molecule has 3 heteroatoms. The highest BCUT2D eigenvalue weighted by Gasteiger charge is 2.35. The lowest BCUT2D eigenvalue weighted by atomic mass is 9.78. The third kappa shape index (κ3) is 4.73. The fourth-order valence-electron chi connectivity index (χ4n) is 7.52. The first kappa shape index (κ1) is 28.5. The van der Waals surface area contributed by atoms with Crippen LogP contribution >= 0.6 is 0 Å². The Bertz CT molecular complexity index is 2210. The second-order valence-electron chi connectivity index (χ2n) is 13.9. The zero-order valence-corrected chi connectivity index (χ0v) is 26.9. The molecule has 2 aliphatic rings. The van der Waals surface area contributed by atoms with Crippen LogP contribution in [0.4, 0.5) is 0 Å². The van der Waals surface area contributed by atoms with E-state index in [9.17, 15) is 0 Å². The number of nitrogens with zero attached hydrogens (tertiary/aromatic N) is 2. The average Bonchev–Trinajstić information content (AvgIpc) is 3.43. The number of furan rings is 1. The largest absolute Gasteiger partial charge is 0.456 e. The van der Waals surface area contributed by atoms with Crippen LogP contribution in [0, 0.1) is 0 Å². The lowest BCUT2D eigenvalue weighted by molar-refractivity contribution is -0.571. The third-order valence-corrected chi connectivity index (χ3v) is 10.0. The quantitative estimate of drug-likeness (QED) is 0.182. The van der Waals surface area contributed by atoms with Gasteiger partial charge in [-0.3, -0.25) is 4.99 Å². The Morgan fingerprint density at radius 1 is 0.826 bits per heavy atom. The normalized spacial score (nSPS) is 17.9. The van der Waals surface area contributed by atoms with Gasteiger partial charge in [0.05, 0.1) is 23.7 Å². The Morgan fingerprint density at radius 2 is 1.61 bits per heavy atom. The molecule has 226 valence electrons. The molecule has 4 heterocycles. The van der Waals surface area contributed by atoms with Gasteiger partial charge in [-0.1, -0.05) is 88.0 Å². The number of benzene rings is 4. The summed E-state index contributed by atoms with van der Waals surface area (Å²) in [6.45, 7) is 15.6. The number of rotatable bonds is 2. The minimum absolute atomic E-state index is 0.00795. The summed E-state index contributed by atoms with van der Waals surface area (Å²) in [5, 5.41) is 2.28. The highest BCUT2D eigenvalue weighted by atomic mass is 16.3. The van der Waals surface area contributed by atoms with E-state index in [1.54, 1.807) is 0 Å². The summed E-state index contributed by atoms with van der Waals surface area (Å²) in [5.74, 6) is 0.278. The van der Waals surface area contributed by atoms with Crippen LogP contribution in [0.2, 0.25) is 0 Å². The van der Waals surface area contributed by atoms with Crippen LogP contribution in [0.5, 0.6) is 0 Å². The van der Waals surface area contributed by atoms with Gasteiger partial charge >= 0.3 is 0 Å². The SMILES string of the molecule is C=CC1=NC2CC(=C)[n+]3ccc(C(C)(C)C)cc3-c3cc4c(cc3CCC2c2ccccc21)oc1cc(-c2ccccc2)ccc14. The number of allylic oxidation sites excluding steroid dienone is 1. The molecule has 2 aliphatic heterocycles. The standard InChI is InChI=1S/C43H39N2O/c1-6-38-33-15-11-10-14-32(33)34-18-17-30-24-42-37(35-19-16-29(23-41(35)46-42)28-12-8-7-9-13-28)26-36(30)40-25-31(43(3,4)5)20-21-45(40)27(2)22-39(34)44-38/h6-16,19-21,23-26,34,39H,1-2,17-18,22H2,3-5H3/q+1. The van der Waals surface area contributed by atoms with Crippen molar-refractivity contribution in [3.8, 4) is 22.4 Å². The van der Waals surface area contributed by atoms with Gasteiger partial charge in [-0.15, -0.1) is 0 Å². The summed E-state index contributed by atoms with van der Waals surface area (Å²) in [5.41, 5.74) is 13.8. The van der Waals surface area contributed by atoms with Gasteiger partial charge in [0.1, 0.15) is 11.2 Å². The lowest BCUT2D eigenvalue weighted by Gasteiger charge is -2.32. The van der Waals surface area contributed by atoms with Gasteiger partial charge < -0.3 is 4.42 Å². The molecule has 6 aromatic rings. The van der Waals surface area contributed by atoms with E-state index >= 15 is 0 Å². The van der Waals surface area contributed by atoms with Crippen molar-refractivity contribution in [2.24, 2.45) is 4.99 Å². The van der Waals surface area contributed by atoms with Crippen LogP contribution in [0.3, 0.4) is 0 Å². The van der Waals surface area contributed by atoms with Crippen molar-refractivity contribution in [1.82, 2.24) is 0 Å². The predicted octanol–water partition coefficient (Wildman–Crippen LogP) is 10.5. The van der Waals surface area contributed by atoms with Crippen molar-refractivity contribution in [1.29, 1.82) is 0 Å². The maximum absolute atomic E-state index is 6.63. The molecule has 0 saturated carbocycles. The molecule has 2 unspecified atom stereocenters. The van der Waals surface area contributed by atoms with Crippen LogP contribution < -0.4 is 4.57 Å². The zero-order chi connectivity index (χ0) is 31.6. The fourth-order valence-corrected chi connectivity index (χ4v) is 7.52. The van der Waals surface area contributed by atoms with Gasteiger partial charge in [0.15, 0.2) is 11.9 Å². The first-order chi connectivity index (χ1) is 22.3.